The van der Waals surface area contributed by atoms with Crippen molar-refractivity contribution in [3.05, 3.63) is 317 Å². The van der Waals surface area contributed by atoms with Crippen molar-refractivity contribution in [1.82, 2.24) is 0 Å². The number of hydrogen-bond acceptors (Lipinski definition) is 0. The van der Waals surface area contributed by atoms with E-state index in [2.05, 4.69) is 290 Å². The summed E-state index contributed by atoms with van der Waals surface area (Å²) in [6.45, 7) is 44.3. The standard InChI is InChI=1S/C10H14.3C9H12.3C8H10.C7H7F.C7H8/c1-7-5-8(2)10(4)9(3)6-7;1-7-4-8(2)6-9(3)5-7;1-7-4-5-8(2)9(3)6-7;1-7-5-4-6-8(2)9(7)3;1-7-3-5-8(2)6-4-7;1-7-4-3-5-8(2)6-7;1-7-5-3-4-6-8(7)2;1-6-4-2-3-5-7(6)8;1-7-5-3-2-4-6-7/h5-6H,1-4H3;3*4-6H,1-3H3;3*3-6H,1-2H3;2-5H,1H3;2-6H,1H3. The molecule has 1 heteroatoms. The van der Waals surface area contributed by atoms with Gasteiger partial charge in [-0.1, -0.05) is 244 Å². The molecule has 0 aliphatic carbocycles. The van der Waals surface area contributed by atoms with Crippen LogP contribution < -0.4 is 0 Å². The van der Waals surface area contributed by atoms with Gasteiger partial charge < -0.3 is 0 Å². The van der Waals surface area contributed by atoms with E-state index < -0.39 is 0 Å². The van der Waals surface area contributed by atoms with Crippen LogP contribution in [0, 0.1) is 151 Å². The molecular formula is C75H95F. The van der Waals surface area contributed by atoms with E-state index in [9.17, 15) is 4.39 Å². The minimum absolute atomic E-state index is 0.132. The van der Waals surface area contributed by atoms with Crippen molar-refractivity contribution in [3.8, 4) is 0 Å². The first-order valence-corrected chi connectivity index (χ1v) is 26.8. The summed E-state index contributed by atoms with van der Waals surface area (Å²) in [5.41, 5.74) is 28.0. The molecule has 0 heterocycles. The highest BCUT2D eigenvalue weighted by Crippen LogP contribution is 2.15. The minimum Gasteiger partial charge on any atom is -0.207 e. The molecule has 0 aromatic heterocycles. The third-order valence-corrected chi connectivity index (χ3v) is 12.8. The maximum absolute atomic E-state index is 12.3. The Morgan fingerprint density at radius 1 is 0.171 bits per heavy atom. The molecule has 9 aromatic carbocycles. The Bertz CT molecular complexity index is 2810. The molecule has 0 bridgehead atoms. The van der Waals surface area contributed by atoms with Crippen LogP contribution in [0.5, 0.6) is 0 Å². The van der Waals surface area contributed by atoms with Gasteiger partial charge in [0.15, 0.2) is 0 Å². The molecule has 76 heavy (non-hydrogen) atoms. The molecule has 9 rings (SSSR count). The quantitative estimate of drug-likeness (QED) is 0.142. The number of rotatable bonds is 0. The second-order valence-corrected chi connectivity index (χ2v) is 20.6. The molecular weight excluding hydrogens is 920 g/mol. The lowest BCUT2D eigenvalue weighted by Crippen LogP contribution is -1.86. The first-order valence-electron chi connectivity index (χ1n) is 26.8. The van der Waals surface area contributed by atoms with Gasteiger partial charge in [-0.2, -0.15) is 0 Å². The maximum Gasteiger partial charge on any atom is 0.126 e. The molecule has 9 aromatic rings. The van der Waals surface area contributed by atoms with Crippen molar-refractivity contribution in [1.29, 1.82) is 0 Å². The molecule has 0 N–H and O–H groups in total. The van der Waals surface area contributed by atoms with Crippen LogP contribution in [-0.4, -0.2) is 0 Å². The lowest BCUT2D eigenvalue weighted by molar-refractivity contribution is 0.618. The topological polar surface area (TPSA) is 0 Å². The van der Waals surface area contributed by atoms with Gasteiger partial charge in [0.25, 0.3) is 0 Å². The highest BCUT2D eigenvalue weighted by atomic mass is 19.1. The first kappa shape index (κ1) is 66.9. The molecule has 0 radical (unpaired) electrons. The number of hydrogen-bond donors (Lipinski definition) is 0. The molecule has 0 spiro atoms. The molecule has 0 aliphatic rings. The van der Waals surface area contributed by atoms with Crippen LogP contribution in [0.15, 0.2) is 194 Å². The van der Waals surface area contributed by atoms with E-state index in [1.54, 1.807) is 19.1 Å². The largest absolute Gasteiger partial charge is 0.207 e. The van der Waals surface area contributed by atoms with Crippen LogP contribution in [0.4, 0.5) is 4.39 Å². The minimum atomic E-state index is -0.132. The van der Waals surface area contributed by atoms with Crippen molar-refractivity contribution >= 4 is 0 Å². The van der Waals surface area contributed by atoms with Crippen LogP contribution in [0.2, 0.25) is 0 Å². The first-order chi connectivity index (χ1) is 35.8. The maximum atomic E-state index is 12.3. The van der Waals surface area contributed by atoms with Crippen molar-refractivity contribution in [2.45, 2.75) is 145 Å². The Morgan fingerprint density at radius 3 is 0.737 bits per heavy atom. The van der Waals surface area contributed by atoms with Gasteiger partial charge in [-0.15, -0.1) is 0 Å². The van der Waals surface area contributed by atoms with Crippen molar-refractivity contribution in [2.24, 2.45) is 0 Å². The van der Waals surface area contributed by atoms with Gasteiger partial charge >= 0.3 is 0 Å². The van der Waals surface area contributed by atoms with E-state index in [1.807, 2.05) is 24.3 Å². The summed E-state index contributed by atoms with van der Waals surface area (Å²) in [4.78, 5) is 0. The van der Waals surface area contributed by atoms with E-state index in [4.69, 9.17) is 0 Å². The molecule has 0 nitrogen and oxygen atoms in total. The summed E-state index contributed by atoms with van der Waals surface area (Å²) in [5.74, 6) is -0.132. The van der Waals surface area contributed by atoms with Crippen LogP contribution >= 0.6 is 0 Å². The highest BCUT2D eigenvalue weighted by Gasteiger charge is 1.97. The Morgan fingerprint density at radius 2 is 0.434 bits per heavy atom. The van der Waals surface area contributed by atoms with E-state index in [0.717, 1.165) is 0 Å². The molecule has 402 valence electrons. The third-order valence-electron chi connectivity index (χ3n) is 12.8. The lowest BCUT2D eigenvalue weighted by atomic mass is 10.0. The summed E-state index contributed by atoms with van der Waals surface area (Å²) in [6, 6.07) is 66.1. The van der Waals surface area contributed by atoms with Crippen molar-refractivity contribution < 1.29 is 4.39 Å². The Hall–Kier alpha value is -7.09. The van der Waals surface area contributed by atoms with Gasteiger partial charge in [-0.25, -0.2) is 4.39 Å². The molecule has 0 amide bonds. The van der Waals surface area contributed by atoms with Crippen LogP contribution in [0.1, 0.15) is 117 Å². The second kappa shape index (κ2) is 36.8. The Labute approximate surface area is 464 Å². The van der Waals surface area contributed by atoms with Gasteiger partial charge in [-0.3, -0.25) is 0 Å². The molecule has 0 unspecified atom stereocenters. The monoisotopic (exact) mass is 1010 g/mol. The smallest absolute Gasteiger partial charge is 0.126 e. The van der Waals surface area contributed by atoms with Gasteiger partial charge in [0, 0.05) is 0 Å². The molecule has 0 atom stereocenters. The van der Waals surface area contributed by atoms with Gasteiger partial charge in [0.1, 0.15) is 5.82 Å². The Balaban J connectivity index is 0.000000428. The number of halogens is 1. The average molecular weight is 1020 g/mol. The normalized spacial score (nSPS) is 9.45. The molecule has 0 fully saturated rings. The van der Waals surface area contributed by atoms with Gasteiger partial charge in [-0.05, 0) is 213 Å². The summed E-state index contributed by atoms with van der Waals surface area (Å²) < 4.78 is 12.3. The third kappa shape index (κ3) is 30.3. The Kier molecular flexibility index (Phi) is 32.4. The zero-order valence-corrected chi connectivity index (χ0v) is 50.9. The number of benzene rings is 9. The highest BCUT2D eigenvalue weighted by molar-refractivity contribution is 5.36. The fourth-order valence-electron chi connectivity index (χ4n) is 7.44. The summed E-state index contributed by atoms with van der Waals surface area (Å²) in [7, 11) is 0. The fourth-order valence-corrected chi connectivity index (χ4v) is 7.44. The lowest BCUT2D eigenvalue weighted by Gasteiger charge is -2.04. The summed E-state index contributed by atoms with van der Waals surface area (Å²) >= 11 is 0. The van der Waals surface area contributed by atoms with Gasteiger partial charge in [0.2, 0.25) is 0 Å². The van der Waals surface area contributed by atoms with Crippen molar-refractivity contribution in [3.63, 3.8) is 0 Å². The second-order valence-electron chi connectivity index (χ2n) is 20.6. The van der Waals surface area contributed by atoms with E-state index in [0.29, 0.717) is 5.56 Å². The summed E-state index contributed by atoms with van der Waals surface area (Å²) in [5, 5.41) is 0. The van der Waals surface area contributed by atoms with Crippen LogP contribution in [0.3, 0.4) is 0 Å². The van der Waals surface area contributed by atoms with Crippen LogP contribution in [-0.2, 0) is 0 Å². The van der Waals surface area contributed by atoms with E-state index in [1.165, 1.54) is 117 Å². The van der Waals surface area contributed by atoms with E-state index >= 15 is 0 Å². The summed E-state index contributed by atoms with van der Waals surface area (Å²) in [6.07, 6.45) is 0. The SMILES string of the molecule is Cc1cc(C)c(C)c(C)c1.Cc1cc(C)cc(C)c1.Cc1ccc(C)c(C)c1.Cc1ccc(C)cc1.Cc1cccc(C)c1.Cc1cccc(C)c1C.Cc1ccccc1.Cc1ccccc1C.Cc1ccccc1F. The number of aryl methyl sites for hydroxylation is 19. The molecule has 0 saturated heterocycles. The fraction of sp³-hybridized carbons (Fsp3) is 0.280. The van der Waals surface area contributed by atoms with Gasteiger partial charge in [0.05, 0.1) is 0 Å². The zero-order valence-electron chi connectivity index (χ0n) is 50.9. The average Bonchev–Trinajstić information content (AvgIpc) is 3.35. The molecule has 0 saturated carbocycles. The predicted octanol–water partition coefficient (Wildman–Crippen LogP) is 21.8. The van der Waals surface area contributed by atoms with Crippen molar-refractivity contribution in [2.75, 3.05) is 0 Å². The van der Waals surface area contributed by atoms with Crippen LogP contribution in [0.25, 0.3) is 0 Å². The molecule has 0 aliphatic heterocycles. The zero-order chi connectivity index (χ0) is 57.3. The van der Waals surface area contributed by atoms with E-state index in [-0.39, 0.29) is 5.82 Å². The predicted molar refractivity (Wildman–Crippen MR) is 337 cm³/mol.